The van der Waals surface area contributed by atoms with Crippen molar-refractivity contribution in [1.82, 2.24) is 9.62 Å². The first-order valence-electron chi connectivity index (χ1n) is 8.57. The van der Waals surface area contributed by atoms with Crippen LogP contribution >= 0.6 is 0 Å². The van der Waals surface area contributed by atoms with Gasteiger partial charge in [-0.05, 0) is 62.2 Å². The number of hydrogen-bond donors (Lipinski definition) is 2. The predicted molar refractivity (Wildman–Crippen MR) is 104 cm³/mol. The Hall–Kier alpha value is -2.45. The maximum atomic E-state index is 13.1. The molecule has 2 aromatic carbocycles. The topological polar surface area (TPSA) is 78.5 Å². The number of hydrogen-bond acceptors (Lipinski definition) is 3. The van der Waals surface area contributed by atoms with Crippen molar-refractivity contribution < 1.29 is 17.6 Å². The van der Waals surface area contributed by atoms with Gasteiger partial charge in [-0.15, -0.1) is 0 Å². The van der Waals surface area contributed by atoms with Crippen LogP contribution in [0.15, 0.2) is 53.4 Å². The molecule has 0 radical (unpaired) electrons. The molecule has 0 fully saturated rings. The van der Waals surface area contributed by atoms with Gasteiger partial charge in [0.1, 0.15) is 5.82 Å². The Morgan fingerprint density at radius 2 is 1.81 bits per heavy atom. The lowest BCUT2D eigenvalue weighted by Gasteiger charge is -2.21. The molecule has 0 atom stereocenters. The van der Waals surface area contributed by atoms with E-state index >= 15 is 0 Å². The number of nitrogens with one attached hydrogen (secondary N) is 2. The molecule has 0 spiro atoms. The molecular weight excluding hydrogens is 369 g/mol. The Morgan fingerprint density at radius 1 is 1.15 bits per heavy atom. The number of carbonyl (C=O) groups is 1. The van der Waals surface area contributed by atoms with Crippen molar-refractivity contribution in [3.63, 3.8) is 0 Å². The third-order valence-electron chi connectivity index (χ3n) is 4.10. The first-order valence-corrected chi connectivity index (χ1v) is 10.0. The molecular formula is C19H24FN3O3S. The monoisotopic (exact) mass is 393 g/mol. The predicted octanol–water partition coefficient (Wildman–Crippen LogP) is 3.22. The second-order valence-corrected chi connectivity index (χ2v) is 8.40. The summed E-state index contributed by atoms with van der Waals surface area (Å²) in [5.41, 5.74) is 1.27. The minimum atomic E-state index is -3.56. The van der Waals surface area contributed by atoms with Gasteiger partial charge < -0.3 is 10.6 Å². The van der Waals surface area contributed by atoms with Gasteiger partial charge in [-0.2, -0.15) is 4.31 Å². The van der Waals surface area contributed by atoms with E-state index < -0.39 is 16.1 Å². The first kappa shape index (κ1) is 20.9. The molecule has 0 unspecified atom stereocenters. The van der Waals surface area contributed by atoms with Crippen LogP contribution in [-0.4, -0.2) is 38.4 Å². The molecule has 0 saturated carbocycles. The molecule has 0 bridgehead atoms. The molecule has 0 saturated heterocycles. The minimum absolute atomic E-state index is 0.156. The zero-order chi connectivity index (χ0) is 20.0. The Labute approximate surface area is 159 Å². The van der Waals surface area contributed by atoms with Gasteiger partial charge in [-0.1, -0.05) is 12.1 Å². The normalized spacial score (nSPS) is 11.6. The Balaban J connectivity index is 1.89. The molecule has 0 aliphatic heterocycles. The standard InChI is InChI=1S/C19H24FN3O3S/c1-14(2)23(3)27(25,26)18-9-7-17(8-10-18)22-19(24)21-12-11-15-5-4-6-16(20)13-15/h4-10,13-14H,11-12H2,1-3H3,(H2,21,22,24). The van der Waals surface area contributed by atoms with Crippen LogP contribution in [0.2, 0.25) is 0 Å². The van der Waals surface area contributed by atoms with Crippen LogP contribution in [0.25, 0.3) is 0 Å². The van der Waals surface area contributed by atoms with E-state index in [0.717, 1.165) is 5.56 Å². The lowest BCUT2D eigenvalue weighted by atomic mass is 10.1. The molecule has 2 amide bonds. The number of carbonyl (C=O) groups excluding carboxylic acids is 1. The van der Waals surface area contributed by atoms with Gasteiger partial charge in [0.15, 0.2) is 0 Å². The maximum absolute atomic E-state index is 13.1. The van der Waals surface area contributed by atoms with Crippen LogP contribution < -0.4 is 10.6 Å². The van der Waals surface area contributed by atoms with Crippen molar-refractivity contribution >= 4 is 21.7 Å². The van der Waals surface area contributed by atoms with E-state index in [1.54, 1.807) is 26.0 Å². The molecule has 2 rings (SSSR count). The third-order valence-corrected chi connectivity index (χ3v) is 6.15. The summed E-state index contributed by atoms with van der Waals surface area (Å²) in [7, 11) is -2.03. The third kappa shape index (κ3) is 5.77. The van der Waals surface area contributed by atoms with Gasteiger partial charge in [0.05, 0.1) is 4.90 Å². The van der Waals surface area contributed by atoms with Crippen molar-refractivity contribution in [2.45, 2.75) is 31.2 Å². The quantitative estimate of drug-likeness (QED) is 0.758. The molecule has 8 heteroatoms. The number of sulfonamides is 1. The van der Waals surface area contributed by atoms with Crippen molar-refractivity contribution in [2.24, 2.45) is 0 Å². The summed E-state index contributed by atoms with van der Waals surface area (Å²) in [6, 6.07) is 11.6. The number of anilines is 1. The molecule has 27 heavy (non-hydrogen) atoms. The highest BCUT2D eigenvalue weighted by Gasteiger charge is 2.22. The lowest BCUT2D eigenvalue weighted by molar-refractivity contribution is 0.252. The second kappa shape index (κ2) is 8.96. The Kier molecular flexibility index (Phi) is 6.92. The summed E-state index contributed by atoms with van der Waals surface area (Å²) in [6.45, 7) is 3.93. The fourth-order valence-corrected chi connectivity index (χ4v) is 3.71. The highest BCUT2D eigenvalue weighted by atomic mass is 32.2. The molecule has 146 valence electrons. The number of benzene rings is 2. The van der Waals surface area contributed by atoms with Crippen molar-refractivity contribution in [2.75, 3.05) is 18.9 Å². The molecule has 0 heterocycles. The van der Waals surface area contributed by atoms with Crippen LogP contribution in [0.5, 0.6) is 0 Å². The van der Waals surface area contributed by atoms with E-state index in [1.165, 1.54) is 47.8 Å². The summed E-state index contributed by atoms with van der Waals surface area (Å²) in [6.07, 6.45) is 0.504. The van der Waals surface area contributed by atoms with Gasteiger partial charge in [0.2, 0.25) is 10.0 Å². The van der Waals surface area contributed by atoms with Crippen molar-refractivity contribution in [3.05, 3.63) is 59.9 Å². The van der Waals surface area contributed by atoms with E-state index in [4.69, 9.17) is 0 Å². The largest absolute Gasteiger partial charge is 0.338 e. The van der Waals surface area contributed by atoms with Crippen LogP contribution in [0, 0.1) is 5.82 Å². The highest BCUT2D eigenvalue weighted by molar-refractivity contribution is 7.89. The SMILES string of the molecule is CC(C)N(C)S(=O)(=O)c1ccc(NC(=O)NCCc2cccc(F)c2)cc1. The van der Waals surface area contributed by atoms with Gasteiger partial charge in [-0.3, -0.25) is 0 Å². The van der Waals surface area contributed by atoms with E-state index in [2.05, 4.69) is 10.6 Å². The zero-order valence-electron chi connectivity index (χ0n) is 15.6. The van der Waals surface area contributed by atoms with E-state index in [9.17, 15) is 17.6 Å². The van der Waals surface area contributed by atoms with Crippen LogP contribution in [0.3, 0.4) is 0 Å². The molecule has 0 aliphatic carbocycles. The zero-order valence-corrected chi connectivity index (χ0v) is 16.4. The summed E-state index contributed by atoms with van der Waals surface area (Å²) in [5.74, 6) is -0.310. The summed E-state index contributed by atoms with van der Waals surface area (Å²) >= 11 is 0. The summed E-state index contributed by atoms with van der Waals surface area (Å²) in [4.78, 5) is 12.1. The number of halogens is 1. The molecule has 0 aliphatic rings. The van der Waals surface area contributed by atoms with E-state index in [-0.39, 0.29) is 16.8 Å². The number of amides is 2. The van der Waals surface area contributed by atoms with Gasteiger partial charge in [0.25, 0.3) is 0 Å². The van der Waals surface area contributed by atoms with Crippen molar-refractivity contribution in [3.8, 4) is 0 Å². The maximum Gasteiger partial charge on any atom is 0.319 e. The summed E-state index contributed by atoms with van der Waals surface area (Å²) < 4.78 is 39.2. The highest BCUT2D eigenvalue weighted by Crippen LogP contribution is 2.19. The lowest BCUT2D eigenvalue weighted by Crippen LogP contribution is -2.33. The van der Waals surface area contributed by atoms with Gasteiger partial charge >= 0.3 is 6.03 Å². The first-order chi connectivity index (χ1) is 12.7. The van der Waals surface area contributed by atoms with Crippen LogP contribution in [0.1, 0.15) is 19.4 Å². The Bertz CT molecular complexity index is 883. The molecule has 0 aromatic heterocycles. The minimum Gasteiger partial charge on any atom is -0.338 e. The smallest absolute Gasteiger partial charge is 0.319 e. The molecule has 6 nitrogen and oxygen atoms in total. The summed E-state index contributed by atoms with van der Waals surface area (Å²) in [5, 5.41) is 5.32. The van der Waals surface area contributed by atoms with E-state index in [1.807, 2.05) is 0 Å². The Morgan fingerprint density at radius 3 is 2.41 bits per heavy atom. The number of urea groups is 1. The molecule has 2 aromatic rings. The fourth-order valence-electron chi connectivity index (χ4n) is 2.34. The second-order valence-electron chi connectivity index (χ2n) is 6.40. The van der Waals surface area contributed by atoms with Gasteiger partial charge in [-0.25, -0.2) is 17.6 Å². The number of nitrogens with zero attached hydrogens (tertiary/aromatic N) is 1. The van der Waals surface area contributed by atoms with Crippen LogP contribution in [0.4, 0.5) is 14.9 Å². The average molecular weight is 393 g/mol. The number of rotatable bonds is 7. The van der Waals surface area contributed by atoms with Gasteiger partial charge in [0, 0.05) is 25.3 Å². The van der Waals surface area contributed by atoms with Crippen molar-refractivity contribution in [1.29, 1.82) is 0 Å². The van der Waals surface area contributed by atoms with E-state index in [0.29, 0.717) is 18.7 Å². The molecule has 2 N–H and O–H groups in total. The average Bonchev–Trinajstić information content (AvgIpc) is 2.61. The fraction of sp³-hybridized carbons (Fsp3) is 0.316. The van der Waals surface area contributed by atoms with Crippen LogP contribution in [-0.2, 0) is 16.4 Å².